The minimum absolute atomic E-state index is 0.0990. The molecule has 1 amide bonds. The summed E-state index contributed by atoms with van der Waals surface area (Å²) >= 11 is 0. The third kappa shape index (κ3) is 3.89. The highest BCUT2D eigenvalue weighted by Crippen LogP contribution is 2.10. The quantitative estimate of drug-likeness (QED) is 0.866. The molecule has 2 N–H and O–H groups in total. The second kappa shape index (κ2) is 6.06. The van der Waals surface area contributed by atoms with E-state index in [9.17, 15) is 13.2 Å². The first-order valence-corrected chi connectivity index (χ1v) is 7.68. The molecule has 0 aliphatic rings. The molecule has 0 spiro atoms. The van der Waals surface area contributed by atoms with E-state index in [2.05, 4.69) is 15.2 Å². The van der Waals surface area contributed by atoms with Crippen molar-refractivity contribution in [1.82, 2.24) is 9.88 Å². The Kier molecular flexibility index (Phi) is 4.39. The molecule has 21 heavy (non-hydrogen) atoms. The molecule has 0 aliphatic carbocycles. The maximum atomic E-state index is 12.1. The van der Waals surface area contributed by atoms with Crippen LogP contribution in [0.4, 0.5) is 5.82 Å². The lowest BCUT2D eigenvalue weighted by Gasteiger charge is -2.13. The van der Waals surface area contributed by atoms with Crippen LogP contribution in [0.2, 0.25) is 0 Å². The van der Waals surface area contributed by atoms with Crippen molar-refractivity contribution in [2.24, 2.45) is 0 Å². The van der Waals surface area contributed by atoms with Crippen LogP contribution in [0.25, 0.3) is 0 Å². The monoisotopic (exact) mass is 309 g/mol. The summed E-state index contributed by atoms with van der Waals surface area (Å²) in [5.41, 5.74) is 0. The Morgan fingerprint density at radius 2 is 1.95 bits per heavy atom. The number of nitrogens with one attached hydrogen (secondary N) is 2. The van der Waals surface area contributed by atoms with Gasteiger partial charge in [0, 0.05) is 6.07 Å². The highest BCUT2D eigenvalue weighted by Gasteiger charge is 2.22. The van der Waals surface area contributed by atoms with Crippen LogP contribution in [0, 0.1) is 6.92 Å². The number of sulfonamides is 1. The Bertz CT molecular complexity index is 725. The number of amides is 1. The topological polar surface area (TPSA) is 101 Å². The van der Waals surface area contributed by atoms with Crippen LogP contribution in [-0.2, 0) is 14.8 Å². The van der Waals surface area contributed by atoms with Crippen molar-refractivity contribution >= 4 is 21.7 Å². The Morgan fingerprint density at radius 1 is 1.29 bits per heavy atom. The molecule has 0 saturated heterocycles. The summed E-state index contributed by atoms with van der Waals surface area (Å²) in [7, 11) is -3.75. The van der Waals surface area contributed by atoms with E-state index in [1.165, 1.54) is 25.1 Å². The fraction of sp³-hybridized carbons (Fsp3) is 0.231. The lowest BCUT2D eigenvalue weighted by Crippen LogP contribution is -2.41. The Balaban J connectivity index is 2.03. The van der Waals surface area contributed by atoms with Crippen LogP contribution in [0.5, 0.6) is 0 Å². The number of hydrogen-bond acceptors (Lipinski definition) is 5. The van der Waals surface area contributed by atoms with Gasteiger partial charge in [0.05, 0.1) is 10.9 Å². The number of carbonyl (C=O) groups excluding carboxylic acids is 1. The zero-order chi connectivity index (χ0) is 15.5. The third-order valence-corrected chi connectivity index (χ3v) is 4.21. The first-order valence-electron chi connectivity index (χ1n) is 6.20. The van der Waals surface area contributed by atoms with E-state index in [0.717, 1.165) is 0 Å². The SMILES string of the molecule is Cc1cc(NC(=O)[C@H](C)NS(=O)(=O)c2ccccc2)no1. The van der Waals surface area contributed by atoms with Crippen LogP contribution >= 0.6 is 0 Å². The van der Waals surface area contributed by atoms with Crippen LogP contribution in [0.15, 0.2) is 45.8 Å². The largest absolute Gasteiger partial charge is 0.360 e. The number of hydrogen-bond donors (Lipinski definition) is 2. The maximum absolute atomic E-state index is 12.1. The molecule has 1 atom stereocenters. The first kappa shape index (κ1) is 15.2. The molecule has 1 aromatic heterocycles. The van der Waals surface area contributed by atoms with Crippen molar-refractivity contribution < 1.29 is 17.7 Å². The Hall–Kier alpha value is -2.19. The van der Waals surface area contributed by atoms with E-state index in [4.69, 9.17) is 4.52 Å². The van der Waals surface area contributed by atoms with Crippen molar-refractivity contribution in [3.8, 4) is 0 Å². The Labute approximate surface area is 122 Å². The smallest absolute Gasteiger partial charge is 0.243 e. The van der Waals surface area contributed by atoms with Gasteiger partial charge in [0.2, 0.25) is 15.9 Å². The van der Waals surface area contributed by atoms with Crippen molar-refractivity contribution in [2.45, 2.75) is 24.8 Å². The lowest BCUT2D eigenvalue weighted by atomic mass is 10.3. The minimum atomic E-state index is -3.75. The van der Waals surface area contributed by atoms with E-state index in [0.29, 0.717) is 5.76 Å². The number of rotatable bonds is 5. The molecule has 0 saturated carbocycles. The van der Waals surface area contributed by atoms with Crippen LogP contribution < -0.4 is 10.0 Å². The molecule has 7 nitrogen and oxygen atoms in total. The fourth-order valence-corrected chi connectivity index (χ4v) is 2.84. The summed E-state index contributed by atoms with van der Waals surface area (Å²) in [6.45, 7) is 3.13. The molecular formula is C13H15N3O4S. The molecule has 1 heterocycles. The Morgan fingerprint density at radius 3 is 2.52 bits per heavy atom. The number of anilines is 1. The first-order chi connectivity index (χ1) is 9.88. The summed E-state index contributed by atoms with van der Waals surface area (Å²) in [6, 6.07) is 8.42. The van der Waals surface area contributed by atoms with Gasteiger partial charge < -0.3 is 9.84 Å². The number of carbonyl (C=O) groups is 1. The molecule has 112 valence electrons. The summed E-state index contributed by atoms with van der Waals surface area (Å²) in [5, 5.41) is 6.07. The number of benzene rings is 1. The molecular weight excluding hydrogens is 294 g/mol. The summed E-state index contributed by atoms with van der Waals surface area (Å²) in [5.74, 6) is 0.258. The average molecular weight is 309 g/mol. The van der Waals surface area contributed by atoms with Gasteiger partial charge in [-0.1, -0.05) is 23.4 Å². The fourth-order valence-electron chi connectivity index (χ4n) is 1.61. The van der Waals surface area contributed by atoms with Gasteiger partial charge in [-0.25, -0.2) is 8.42 Å². The number of nitrogens with zero attached hydrogens (tertiary/aromatic N) is 1. The molecule has 0 aliphatic heterocycles. The molecule has 0 fully saturated rings. The second-order valence-corrected chi connectivity index (χ2v) is 6.18. The summed E-state index contributed by atoms with van der Waals surface area (Å²) in [6.07, 6.45) is 0. The highest BCUT2D eigenvalue weighted by molar-refractivity contribution is 7.89. The van der Waals surface area contributed by atoms with Crippen molar-refractivity contribution in [1.29, 1.82) is 0 Å². The van der Waals surface area contributed by atoms with Gasteiger partial charge in [-0.05, 0) is 26.0 Å². The number of aromatic nitrogens is 1. The van der Waals surface area contributed by atoms with Gasteiger partial charge in [-0.2, -0.15) is 4.72 Å². The van der Waals surface area contributed by atoms with Crippen molar-refractivity contribution in [3.63, 3.8) is 0 Å². The predicted octanol–water partition coefficient (Wildman–Crippen LogP) is 1.29. The van der Waals surface area contributed by atoms with E-state index in [-0.39, 0.29) is 10.7 Å². The third-order valence-electron chi connectivity index (χ3n) is 2.66. The van der Waals surface area contributed by atoms with Gasteiger partial charge >= 0.3 is 0 Å². The van der Waals surface area contributed by atoms with Gasteiger partial charge in [-0.3, -0.25) is 4.79 Å². The van der Waals surface area contributed by atoms with Crippen LogP contribution in [0.1, 0.15) is 12.7 Å². The second-order valence-electron chi connectivity index (χ2n) is 4.47. The van der Waals surface area contributed by atoms with Gasteiger partial charge in [0.15, 0.2) is 5.82 Å². The van der Waals surface area contributed by atoms with E-state index in [1.807, 2.05) is 0 Å². The standard InChI is InChI=1S/C13H15N3O4S/c1-9-8-12(15-20-9)14-13(17)10(2)16-21(18,19)11-6-4-3-5-7-11/h3-8,10,16H,1-2H3,(H,14,15,17)/t10-/m0/s1. The number of aryl methyl sites for hydroxylation is 1. The molecule has 2 rings (SSSR count). The van der Waals surface area contributed by atoms with E-state index in [1.54, 1.807) is 25.1 Å². The van der Waals surface area contributed by atoms with Crippen LogP contribution in [-0.4, -0.2) is 25.5 Å². The summed E-state index contributed by atoms with van der Waals surface area (Å²) in [4.78, 5) is 12.0. The van der Waals surface area contributed by atoms with Gasteiger partial charge in [0.1, 0.15) is 5.76 Å². The van der Waals surface area contributed by atoms with Crippen molar-refractivity contribution in [3.05, 3.63) is 42.2 Å². The highest BCUT2D eigenvalue weighted by atomic mass is 32.2. The molecule has 0 bridgehead atoms. The summed E-state index contributed by atoms with van der Waals surface area (Å²) < 4.78 is 31.3. The molecule has 0 radical (unpaired) electrons. The van der Waals surface area contributed by atoms with Crippen molar-refractivity contribution in [2.75, 3.05) is 5.32 Å². The zero-order valence-electron chi connectivity index (χ0n) is 11.5. The predicted molar refractivity (Wildman–Crippen MR) is 76.1 cm³/mol. The average Bonchev–Trinajstić information content (AvgIpc) is 2.84. The minimum Gasteiger partial charge on any atom is -0.360 e. The lowest BCUT2D eigenvalue weighted by molar-refractivity contribution is -0.117. The maximum Gasteiger partial charge on any atom is 0.243 e. The molecule has 2 aromatic rings. The molecule has 1 aromatic carbocycles. The van der Waals surface area contributed by atoms with E-state index < -0.39 is 22.0 Å². The molecule has 8 heteroatoms. The zero-order valence-corrected chi connectivity index (χ0v) is 12.3. The molecule has 0 unspecified atom stereocenters. The van der Waals surface area contributed by atoms with E-state index >= 15 is 0 Å². The van der Waals surface area contributed by atoms with Gasteiger partial charge in [0.25, 0.3) is 0 Å². The van der Waals surface area contributed by atoms with Crippen LogP contribution in [0.3, 0.4) is 0 Å². The normalized spacial score (nSPS) is 12.9. The van der Waals surface area contributed by atoms with Gasteiger partial charge in [-0.15, -0.1) is 0 Å².